The number of hydrogen-bond donors (Lipinski definition) is 1. The van der Waals surface area contributed by atoms with Gasteiger partial charge in [0, 0.05) is 11.6 Å². The fourth-order valence-electron chi connectivity index (χ4n) is 2.44. The fourth-order valence-corrected chi connectivity index (χ4v) is 2.44. The van der Waals surface area contributed by atoms with Gasteiger partial charge < -0.3 is 10.1 Å². The molecule has 0 heterocycles. The smallest absolute Gasteiger partial charge is 0.307 e. The molecule has 25 heavy (non-hydrogen) atoms. The Labute approximate surface area is 144 Å². The van der Waals surface area contributed by atoms with E-state index in [9.17, 15) is 19.7 Å². The van der Waals surface area contributed by atoms with Crippen LogP contribution in [-0.4, -0.2) is 23.9 Å². The van der Waals surface area contributed by atoms with Crippen LogP contribution in [0.15, 0.2) is 54.6 Å². The van der Waals surface area contributed by atoms with Crippen LogP contribution in [0.5, 0.6) is 0 Å². The predicted molar refractivity (Wildman–Crippen MR) is 90.8 cm³/mol. The van der Waals surface area contributed by atoms with Gasteiger partial charge in [-0.25, -0.2) is 0 Å². The first-order chi connectivity index (χ1) is 12.0. The molecule has 0 saturated heterocycles. The third-order valence-corrected chi connectivity index (χ3v) is 3.67. The van der Waals surface area contributed by atoms with Gasteiger partial charge in [-0.3, -0.25) is 19.7 Å². The van der Waals surface area contributed by atoms with Gasteiger partial charge in [-0.2, -0.15) is 0 Å². The molecule has 0 aliphatic heterocycles. The van der Waals surface area contributed by atoms with Gasteiger partial charge in [0.15, 0.2) is 0 Å². The van der Waals surface area contributed by atoms with Gasteiger partial charge in [0.2, 0.25) is 5.91 Å². The molecule has 0 bridgehead atoms. The van der Waals surface area contributed by atoms with Crippen molar-refractivity contribution in [3.05, 3.63) is 75.8 Å². The Bertz CT molecular complexity index is 761. The summed E-state index contributed by atoms with van der Waals surface area (Å²) >= 11 is 0. The zero-order chi connectivity index (χ0) is 18.2. The lowest BCUT2D eigenvalue weighted by molar-refractivity contribution is -0.385. The Morgan fingerprint density at radius 2 is 1.76 bits per heavy atom. The quantitative estimate of drug-likeness (QED) is 0.474. The second kappa shape index (κ2) is 8.58. The highest BCUT2D eigenvalue weighted by atomic mass is 16.6. The number of methoxy groups -OCH3 is 1. The van der Waals surface area contributed by atoms with Crippen molar-refractivity contribution in [2.24, 2.45) is 0 Å². The number of nitrogens with zero attached hydrogens (tertiary/aromatic N) is 1. The molecule has 0 fully saturated rings. The summed E-state index contributed by atoms with van der Waals surface area (Å²) in [5, 5.41) is 13.8. The zero-order valence-corrected chi connectivity index (χ0v) is 13.7. The Morgan fingerprint density at radius 1 is 1.12 bits per heavy atom. The summed E-state index contributed by atoms with van der Waals surface area (Å²) in [6.45, 7) is 0. The predicted octanol–water partition coefficient (Wildman–Crippen LogP) is 2.56. The number of amides is 1. The van der Waals surface area contributed by atoms with Gasteiger partial charge in [0.05, 0.1) is 30.9 Å². The highest BCUT2D eigenvalue weighted by molar-refractivity contribution is 5.81. The molecule has 0 unspecified atom stereocenters. The first-order valence-corrected chi connectivity index (χ1v) is 7.64. The van der Waals surface area contributed by atoms with Gasteiger partial charge in [-0.15, -0.1) is 0 Å². The third kappa shape index (κ3) is 5.13. The van der Waals surface area contributed by atoms with Gasteiger partial charge in [0.1, 0.15) is 0 Å². The minimum absolute atomic E-state index is 0.0247. The number of hydrogen-bond acceptors (Lipinski definition) is 5. The highest BCUT2D eigenvalue weighted by Crippen LogP contribution is 2.20. The number of esters is 1. The Hall–Kier alpha value is -3.22. The average Bonchev–Trinajstić information content (AvgIpc) is 2.62. The van der Waals surface area contributed by atoms with E-state index in [1.165, 1.54) is 19.2 Å². The lowest BCUT2D eigenvalue weighted by Gasteiger charge is -2.18. The Kier molecular flexibility index (Phi) is 6.22. The molecule has 1 atom stereocenters. The van der Waals surface area contributed by atoms with E-state index in [2.05, 4.69) is 10.1 Å². The van der Waals surface area contributed by atoms with Crippen molar-refractivity contribution in [2.75, 3.05) is 7.11 Å². The molecule has 130 valence electrons. The number of benzene rings is 2. The van der Waals surface area contributed by atoms with Crippen molar-refractivity contribution in [3.63, 3.8) is 0 Å². The van der Waals surface area contributed by atoms with E-state index in [1.807, 2.05) is 6.07 Å². The number of nitro groups is 1. The lowest BCUT2D eigenvalue weighted by atomic mass is 10.0. The summed E-state index contributed by atoms with van der Waals surface area (Å²) in [4.78, 5) is 34.5. The topological polar surface area (TPSA) is 98.5 Å². The van der Waals surface area contributed by atoms with E-state index in [4.69, 9.17) is 0 Å². The summed E-state index contributed by atoms with van der Waals surface area (Å²) < 4.78 is 4.67. The van der Waals surface area contributed by atoms with Crippen LogP contribution in [-0.2, 0) is 20.7 Å². The molecule has 1 N–H and O–H groups in total. The summed E-state index contributed by atoms with van der Waals surface area (Å²) in [6, 6.07) is 14.5. The lowest BCUT2D eigenvalue weighted by Crippen LogP contribution is -2.31. The summed E-state index contributed by atoms with van der Waals surface area (Å²) in [6.07, 6.45) is -0.176. The standard InChI is InChI=1S/C18H18N2O5/c1-25-18(22)12-15(13-7-3-2-4-8-13)19-17(21)11-14-9-5-6-10-16(14)20(23)24/h2-10,15H,11-12H2,1H3,(H,19,21)/t15-/m0/s1. The van der Waals surface area contributed by atoms with Crippen LogP contribution in [0.3, 0.4) is 0 Å². The molecule has 0 aliphatic carbocycles. The van der Waals surface area contributed by atoms with Gasteiger partial charge in [-0.05, 0) is 5.56 Å². The molecule has 0 radical (unpaired) electrons. The van der Waals surface area contributed by atoms with Crippen LogP contribution < -0.4 is 5.32 Å². The molecule has 1 amide bonds. The Balaban J connectivity index is 2.14. The summed E-state index contributed by atoms with van der Waals surface area (Å²) in [5.41, 5.74) is 0.959. The van der Waals surface area contributed by atoms with Crippen molar-refractivity contribution in [1.82, 2.24) is 5.32 Å². The number of carbonyl (C=O) groups excluding carboxylic acids is 2. The van der Waals surface area contributed by atoms with Crippen molar-refractivity contribution in [2.45, 2.75) is 18.9 Å². The minimum Gasteiger partial charge on any atom is -0.469 e. The number of ether oxygens (including phenoxy) is 1. The minimum atomic E-state index is -0.566. The molecule has 2 aromatic rings. The van der Waals surface area contributed by atoms with E-state index < -0.39 is 22.8 Å². The molecule has 0 aliphatic rings. The number of carbonyl (C=O) groups is 2. The largest absolute Gasteiger partial charge is 0.469 e. The van der Waals surface area contributed by atoms with Crippen molar-refractivity contribution in [1.29, 1.82) is 0 Å². The molecule has 0 spiro atoms. The van der Waals surface area contributed by atoms with Crippen LogP contribution in [0.4, 0.5) is 5.69 Å². The summed E-state index contributed by atoms with van der Waals surface area (Å²) in [7, 11) is 1.28. The Morgan fingerprint density at radius 3 is 2.40 bits per heavy atom. The first-order valence-electron chi connectivity index (χ1n) is 7.64. The van der Waals surface area contributed by atoms with E-state index in [0.29, 0.717) is 5.56 Å². The molecule has 0 aromatic heterocycles. The second-order valence-electron chi connectivity index (χ2n) is 5.37. The molecular weight excluding hydrogens is 324 g/mol. The van der Waals surface area contributed by atoms with Crippen LogP contribution in [0.25, 0.3) is 0 Å². The average molecular weight is 342 g/mol. The van der Waals surface area contributed by atoms with E-state index in [-0.39, 0.29) is 18.5 Å². The molecule has 2 aromatic carbocycles. The molecule has 0 saturated carbocycles. The second-order valence-corrected chi connectivity index (χ2v) is 5.37. The molecular formula is C18H18N2O5. The van der Waals surface area contributed by atoms with Crippen LogP contribution in [0.2, 0.25) is 0 Å². The van der Waals surface area contributed by atoms with Crippen molar-refractivity contribution in [3.8, 4) is 0 Å². The number of para-hydroxylation sites is 1. The molecule has 2 rings (SSSR count). The van der Waals surface area contributed by atoms with E-state index in [1.54, 1.807) is 36.4 Å². The maximum absolute atomic E-state index is 12.4. The maximum Gasteiger partial charge on any atom is 0.307 e. The number of nitrogens with one attached hydrogen (secondary N) is 1. The van der Waals surface area contributed by atoms with Crippen molar-refractivity contribution >= 4 is 17.6 Å². The molecule has 7 nitrogen and oxygen atoms in total. The number of nitro benzene ring substituents is 1. The monoisotopic (exact) mass is 342 g/mol. The van der Waals surface area contributed by atoms with Gasteiger partial charge in [-0.1, -0.05) is 48.5 Å². The highest BCUT2D eigenvalue weighted by Gasteiger charge is 2.21. The molecule has 7 heteroatoms. The number of rotatable bonds is 7. The summed E-state index contributed by atoms with van der Waals surface area (Å²) in [5.74, 6) is -0.869. The van der Waals surface area contributed by atoms with Crippen LogP contribution in [0, 0.1) is 10.1 Å². The van der Waals surface area contributed by atoms with E-state index >= 15 is 0 Å². The zero-order valence-electron chi connectivity index (χ0n) is 13.7. The van der Waals surface area contributed by atoms with E-state index in [0.717, 1.165) is 5.56 Å². The normalized spacial score (nSPS) is 11.4. The maximum atomic E-state index is 12.4. The SMILES string of the molecule is COC(=O)C[C@H](NC(=O)Cc1ccccc1[N+](=O)[O-])c1ccccc1. The van der Waals surface area contributed by atoms with Crippen LogP contribution in [0.1, 0.15) is 23.6 Å². The third-order valence-electron chi connectivity index (χ3n) is 3.67. The van der Waals surface area contributed by atoms with Gasteiger partial charge in [0.25, 0.3) is 5.69 Å². The van der Waals surface area contributed by atoms with Crippen LogP contribution >= 0.6 is 0 Å². The van der Waals surface area contributed by atoms with Crippen molar-refractivity contribution < 1.29 is 19.2 Å². The fraction of sp³-hybridized carbons (Fsp3) is 0.222. The first kappa shape index (κ1) is 18.1. The van der Waals surface area contributed by atoms with Gasteiger partial charge >= 0.3 is 5.97 Å².